The second kappa shape index (κ2) is 4.13. The molecule has 0 radical (unpaired) electrons. The Morgan fingerprint density at radius 2 is 1.73 bits per heavy atom. The van der Waals surface area contributed by atoms with Gasteiger partial charge in [-0.2, -0.15) is 0 Å². The van der Waals surface area contributed by atoms with Crippen molar-refractivity contribution in [2.75, 3.05) is 0 Å². The van der Waals surface area contributed by atoms with Crippen LogP contribution in [0.3, 0.4) is 0 Å². The fourth-order valence-corrected chi connectivity index (χ4v) is 1.53. The molecule has 0 spiro atoms. The first-order valence-electron chi connectivity index (χ1n) is 4.28. The van der Waals surface area contributed by atoms with E-state index in [9.17, 15) is 0 Å². The highest BCUT2D eigenvalue weighted by Crippen LogP contribution is 2.18. The number of pyridine rings is 1. The first-order valence-corrected chi connectivity index (χ1v) is 5.04. The summed E-state index contributed by atoms with van der Waals surface area (Å²) in [6.45, 7) is 1.96. The maximum absolute atomic E-state index is 5.77. The highest BCUT2D eigenvalue weighted by molar-refractivity contribution is 6.33. The molecule has 0 aliphatic heterocycles. The summed E-state index contributed by atoms with van der Waals surface area (Å²) in [6.07, 6.45) is 1.74. The van der Waals surface area contributed by atoms with E-state index in [0.29, 0.717) is 21.8 Å². The molecule has 0 atom stereocenters. The first kappa shape index (κ1) is 10.3. The molecular formula is C10H7Cl2N3. The van der Waals surface area contributed by atoms with Gasteiger partial charge in [0.1, 0.15) is 16.0 Å². The maximum Gasteiger partial charge on any atom is 0.181 e. The van der Waals surface area contributed by atoms with Crippen LogP contribution in [-0.2, 0) is 0 Å². The third kappa shape index (κ3) is 2.43. The van der Waals surface area contributed by atoms with Gasteiger partial charge in [0, 0.05) is 12.3 Å². The average Bonchev–Trinajstić information content (AvgIpc) is 2.17. The van der Waals surface area contributed by atoms with E-state index in [-0.39, 0.29) is 0 Å². The molecule has 0 bridgehead atoms. The molecule has 0 saturated carbocycles. The Morgan fingerprint density at radius 3 is 2.27 bits per heavy atom. The van der Waals surface area contributed by atoms with Crippen molar-refractivity contribution in [3.63, 3.8) is 0 Å². The number of nitrogens with zero attached hydrogens (tertiary/aromatic N) is 3. The maximum atomic E-state index is 5.77. The normalized spacial score (nSPS) is 10.3. The van der Waals surface area contributed by atoms with E-state index in [1.807, 2.05) is 19.1 Å². The zero-order chi connectivity index (χ0) is 10.8. The number of aryl methyl sites for hydroxylation is 1. The molecule has 15 heavy (non-hydrogen) atoms. The highest BCUT2D eigenvalue weighted by Gasteiger charge is 2.05. The Labute approximate surface area is 97.1 Å². The molecule has 5 heteroatoms. The van der Waals surface area contributed by atoms with E-state index in [4.69, 9.17) is 23.2 Å². The molecule has 0 N–H and O–H groups in total. The molecule has 0 aliphatic carbocycles. The van der Waals surface area contributed by atoms with Gasteiger partial charge in [-0.1, -0.05) is 29.3 Å². The van der Waals surface area contributed by atoms with Crippen molar-refractivity contribution in [3.05, 3.63) is 40.3 Å². The Kier molecular flexibility index (Phi) is 2.84. The predicted octanol–water partition coefficient (Wildman–Crippen LogP) is 3.15. The van der Waals surface area contributed by atoms with Crippen molar-refractivity contribution >= 4 is 23.2 Å². The quantitative estimate of drug-likeness (QED) is 0.718. The molecule has 0 fully saturated rings. The van der Waals surface area contributed by atoms with Gasteiger partial charge in [0.15, 0.2) is 5.82 Å². The van der Waals surface area contributed by atoms with Crippen molar-refractivity contribution in [3.8, 4) is 11.5 Å². The van der Waals surface area contributed by atoms with E-state index in [1.165, 1.54) is 6.07 Å². The Bertz CT molecular complexity index is 462. The molecular weight excluding hydrogens is 233 g/mol. The zero-order valence-electron chi connectivity index (χ0n) is 7.91. The van der Waals surface area contributed by atoms with Crippen LogP contribution in [0.25, 0.3) is 11.5 Å². The Morgan fingerprint density at radius 1 is 1.07 bits per heavy atom. The van der Waals surface area contributed by atoms with Crippen LogP contribution in [0.2, 0.25) is 10.3 Å². The summed E-state index contributed by atoms with van der Waals surface area (Å²) in [5.41, 5.74) is 1.73. The molecule has 3 nitrogen and oxygen atoms in total. The third-order valence-corrected chi connectivity index (χ3v) is 2.19. The van der Waals surface area contributed by atoms with Gasteiger partial charge >= 0.3 is 0 Å². The predicted molar refractivity (Wildman–Crippen MR) is 60.0 cm³/mol. The topological polar surface area (TPSA) is 38.7 Å². The van der Waals surface area contributed by atoms with Gasteiger partial charge in [-0.3, -0.25) is 4.98 Å². The van der Waals surface area contributed by atoms with E-state index >= 15 is 0 Å². The third-order valence-electron chi connectivity index (χ3n) is 1.80. The van der Waals surface area contributed by atoms with Crippen molar-refractivity contribution in [2.45, 2.75) is 6.92 Å². The van der Waals surface area contributed by atoms with Crippen molar-refractivity contribution < 1.29 is 0 Å². The lowest BCUT2D eigenvalue weighted by Gasteiger charge is -2.00. The highest BCUT2D eigenvalue weighted by atomic mass is 35.5. The second-order valence-corrected chi connectivity index (χ2v) is 3.83. The van der Waals surface area contributed by atoms with E-state index < -0.39 is 0 Å². The lowest BCUT2D eigenvalue weighted by atomic mass is 10.2. The van der Waals surface area contributed by atoms with Crippen molar-refractivity contribution in [1.82, 2.24) is 15.0 Å². The van der Waals surface area contributed by atoms with Crippen LogP contribution >= 0.6 is 23.2 Å². The zero-order valence-corrected chi connectivity index (χ0v) is 9.42. The minimum atomic E-state index is 0.312. The molecule has 0 amide bonds. The van der Waals surface area contributed by atoms with Crippen LogP contribution in [0.15, 0.2) is 24.4 Å². The summed E-state index contributed by atoms with van der Waals surface area (Å²) in [6, 6.07) is 5.25. The summed E-state index contributed by atoms with van der Waals surface area (Å²) in [5.74, 6) is 0.438. The summed E-state index contributed by atoms with van der Waals surface area (Å²) in [4.78, 5) is 12.3. The van der Waals surface area contributed by atoms with E-state index in [0.717, 1.165) is 5.56 Å². The van der Waals surface area contributed by atoms with Crippen LogP contribution in [0.4, 0.5) is 0 Å². The molecule has 0 saturated heterocycles. The van der Waals surface area contributed by atoms with Crippen LogP contribution in [0.1, 0.15) is 5.56 Å². The largest absolute Gasteiger partial charge is 0.253 e. The molecule has 2 aromatic heterocycles. The number of hydrogen-bond acceptors (Lipinski definition) is 3. The molecule has 0 unspecified atom stereocenters. The second-order valence-electron chi connectivity index (χ2n) is 3.06. The standard InChI is InChI=1S/C10H7Cl2N3/c1-6-2-3-7(13-5-6)10-14-8(11)4-9(12)15-10/h2-5H,1H3. The van der Waals surface area contributed by atoms with Crippen LogP contribution < -0.4 is 0 Å². The van der Waals surface area contributed by atoms with Crippen LogP contribution in [0, 0.1) is 6.92 Å². The van der Waals surface area contributed by atoms with Gasteiger partial charge in [-0.15, -0.1) is 0 Å². The monoisotopic (exact) mass is 239 g/mol. The average molecular weight is 240 g/mol. The van der Waals surface area contributed by atoms with Gasteiger partial charge < -0.3 is 0 Å². The summed E-state index contributed by atoms with van der Waals surface area (Å²) in [7, 11) is 0. The van der Waals surface area contributed by atoms with Gasteiger partial charge in [0.25, 0.3) is 0 Å². The minimum Gasteiger partial charge on any atom is -0.253 e. The number of halogens is 2. The molecule has 2 rings (SSSR count). The van der Waals surface area contributed by atoms with E-state index in [1.54, 1.807) is 6.20 Å². The van der Waals surface area contributed by atoms with E-state index in [2.05, 4.69) is 15.0 Å². The molecule has 2 heterocycles. The number of rotatable bonds is 1. The Balaban J connectivity index is 2.49. The smallest absolute Gasteiger partial charge is 0.181 e. The van der Waals surface area contributed by atoms with Gasteiger partial charge in [0.05, 0.1) is 0 Å². The fourth-order valence-electron chi connectivity index (χ4n) is 1.10. The van der Waals surface area contributed by atoms with Crippen molar-refractivity contribution in [1.29, 1.82) is 0 Å². The van der Waals surface area contributed by atoms with Gasteiger partial charge in [-0.25, -0.2) is 9.97 Å². The molecule has 76 valence electrons. The first-order chi connectivity index (χ1) is 7.15. The molecule has 0 aromatic carbocycles. The summed E-state index contributed by atoms with van der Waals surface area (Å²) >= 11 is 11.5. The van der Waals surface area contributed by atoms with Gasteiger partial charge in [-0.05, 0) is 18.6 Å². The lowest BCUT2D eigenvalue weighted by Crippen LogP contribution is -1.92. The molecule has 2 aromatic rings. The van der Waals surface area contributed by atoms with Crippen LogP contribution in [-0.4, -0.2) is 15.0 Å². The fraction of sp³-hybridized carbons (Fsp3) is 0.100. The summed E-state index contributed by atoms with van der Waals surface area (Å²) in [5, 5.41) is 0.625. The summed E-state index contributed by atoms with van der Waals surface area (Å²) < 4.78 is 0. The van der Waals surface area contributed by atoms with Gasteiger partial charge in [0.2, 0.25) is 0 Å². The SMILES string of the molecule is Cc1ccc(-c2nc(Cl)cc(Cl)n2)nc1. The minimum absolute atomic E-state index is 0.312. The number of aromatic nitrogens is 3. The van der Waals surface area contributed by atoms with Crippen LogP contribution in [0.5, 0.6) is 0 Å². The number of hydrogen-bond donors (Lipinski definition) is 0. The lowest BCUT2D eigenvalue weighted by molar-refractivity contribution is 1.13. The van der Waals surface area contributed by atoms with Crippen molar-refractivity contribution in [2.24, 2.45) is 0 Å². The Hall–Kier alpha value is -1.19. The molecule has 0 aliphatic rings.